The normalized spacial score (nSPS) is 15.6. The van der Waals surface area contributed by atoms with Crippen molar-refractivity contribution in [2.24, 2.45) is 0 Å². The number of thiocarbonyl (C=S) groups is 1. The Hall–Kier alpha value is -1.07. The summed E-state index contributed by atoms with van der Waals surface area (Å²) in [6.07, 6.45) is 2.41. The number of carbonyl (C=O) groups is 1. The van der Waals surface area contributed by atoms with E-state index in [1.807, 2.05) is 36.9 Å². The Morgan fingerprint density at radius 3 is 2.55 bits per heavy atom. The molecule has 0 saturated carbocycles. The summed E-state index contributed by atoms with van der Waals surface area (Å²) in [6, 6.07) is 10.1. The van der Waals surface area contributed by atoms with Crippen molar-refractivity contribution in [3.05, 3.63) is 35.9 Å². The van der Waals surface area contributed by atoms with Crippen molar-refractivity contribution >= 4 is 34.2 Å². The molecule has 2 rings (SSSR count). The minimum absolute atomic E-state index is 0.128. The summed E-state index contributed by atoms with van der Waals surface area (Å²) in [5, 5.41) is -0.128. The van der Waals surface area contributed by atoms with Crippen LogP contribution in [0.2, 0.25) is 0 Å². The van der Waals surface area contributed by atoms with Gasteiger partial charge in [0, 0.05) is 26.2 Å². The fourth-order valence-electron chi connectivity index (χ4n) is 2.58. The molecule has 0 aliphatic carbocycles. The van der Waals surface area contributed by atoms with E-state index in [4.69, 9.17) is 12.2 Å². The average molecular weight is 337 g/mol. The van der Waals surface area contributed by atoms with E-state index < -0.39 is 0 Å². The molecule has 1 aliphatic heterocycles. The number of amides is 1. The summed E-state index contributed by atoms with van der Waals surface area (Å²) in [5.74, 6) is 0.165. The highest BCUT2D eigenvalue weighted by Crippen LogP contribution is 2.22. The number of likely N-dealkylation sites (tertiary alicyclic amines) is 1. The summed E-state index contributed by atoms with van der Waals surface area (Å²) in [6.45, 7) is 7.44. The zero-order chi connectivity index (χ0) is 15.9. The molecular formula is C17H24N2OS2. The highest BCUT2D eigenvalue weighted by Gasteiger charge is 2.24. The summed E-state index contributed by atoms with van der Waals surface area (Å²) in [4.78, 5) is 16.8. The van der Waals surface area contributed by atoms with Gasteiger partial charge >= 0.3 is 0 Å². The Bertz CT molecular complexity index is 501. The second-order valence-electron chi connectivity index (χ2n) is 5.56. The van der Waals surface area contributed by atoms with E-state index in [0.717, 1.165) is 29.5 Å². The van der Waals surface area contributed by atoms with E-state index in [0.29, 0.717) is 6.54 Å². The quantitative estimate of drug-likeness (QED) is 0.768. The second kappa shape index (κ2) is 8.53. The minimum atomic E-state index is -0.128. The molecule has 1 aromatic carbocycles. The molecule has 1 saturated heterocycles. The van der Waals surface area contributed by atoms with Gasteiger partial charge in [0.15, 0.2) is 0 Å². The van der Waals surface area contributed by atoms with Gasteiger partial charge in [0.25, 0.3) is 0 Å². The SMILES string of the molecule is CCN(Cc1ccccc1)C(=O)C(C)SC(=S)N1CCCC1. The van der Waals surface area contributed by atoms with Gasteiger partial charge in [-0.25, -0.2) is 0 Å². The number of rotatable bonds is 5. The molecule has 1 aromatic rings. The van der Waals surface area contributed by atoms with Crippen LogP contribution in [-0.4, -0.2) is 44.9 Å². The molecule has 0 bridgehead atoms. The minimum Gasteiger partial charge on any atom is -0.358 e. The van der Waals surface area contributed by atoms with Crippen LogP contribution < -0.4 is 0 Å². The molecule has 1 amide bonds. The van der Waals surface area contributed by atoms with Gasteiger partial charge in [-0.1, -0.05) is 54.3 Å². The number of hydrogen-bond acceptors (Lipinski definition) is 3. The van der Waals surface area contributed by atoms with Crippen molar-refractivity contribution in [2.75, 3.05) is 19.6 Å². The molecule has 3 nitrogen and oxygen atoms in total. The molecule has 1 aliphatic rings. The molecule has 1 fully saturated rings. The lowest BCUT2D eigenvalue weighted by molar-refractivity contribution is -0.130. The molecule has 120 valence electrons. The fourth-order valence-corrected chi connectivity index (χ4v) is 4.08. The third kappa shape index (κ3) is 4.71. The van der Waals surface area contributed by atoms with E-state index in [1.165, 1.54) is 24.6 Å². The van der Waals surface area contributed by atoms with Gasteiger partial charge in [-0.3, -0.25) is 4.79 Å². The molecule has 0 spiro atoms. The van der Waals surface area contributed by atoms with Gasteiger partial charge in [0.2, 0.25) is 5.91 Å². The zero-order valence-corrected chi connectivity index (χ0v) is 15.0. The number of nitrogens with zero attached hydrogens (tertiary/aromatic N) is 2. The van der Waals surface area contributed by atoms with Crippen LogP contribution in [0.25, 0.3) is 0 Å². The molecule has 1 atom stereocenters. The molecular weight excluding hydrogens is 312 g/mol. The van der Waals surface area contributed by atoms with Crippen LogP contribution in [0.15, 0.2) is 30.3 Å². The standard InChI is InChI=1S/C17H24N2OS2/c1-3-18(13-15-9-5-4-6-10-15)16(20)14(2)22-17(21)19-11-7-8-12-19/h4-6,9-10,14H,3,7-8,11-13H2,1-2H3. The van der Waals surface area contributed by atoms with E-state index in [1.54, 1.807) is 0 Å². The van der Waals surface area contributed by atoms with Gasteiger partial charge < -0.3 is 9.80 Å². The van der Waals surface area contributed by atoms with Gasteiger partial charge in [-0.05, 0) is 32.3 Å². The lowest BCUT2D eigenvalue weighted by atomic mass is 10.2. The van der Waals surface area contributed by atoms with Gasteiger partial charge in [0.1, 0.15) is 4.32 Å². The molecule has 5 heteroatoms. The van der Waals surface area contributed by atoms with E-state index in [2.05, 4.69) is 17.0 Å². The maximum Gasteiger partial charge on any atom is 0.236 e. The first-order valence-electron chi connectivity index (χ1n) is 7.90. The fraction of sp³-hybridized carbons (Fsp3) is 0.529. The van der Waals surface area contributed by atoms with Crippen molar-refractivity contribution in [3.8, 4) is 0 Å². The largest absolute Gasteiger partial charge is 0.358 e. The van der Waals surface area contributed by atoms with Crippen molar-refractivity contribution in [1.82, 2.24) is 9.80 Å². The molecule has 1 heterocycles. The van der Waals surface area contributed by atoms with Gasteiger partial charge in [-0.15, -0.1) is 0 Å². The smallest absolute Gasteiger partial charge is 0.236 e. The number of carbonyl (C=O) groups excluding carboxylic acids is 1. The third-order valence-corrected chi connectivity index (χ3v) is 5.46. The average Bonchev–Trinajstić information content (AvgIpc) is 3.07. The van der Waals surface area contributed by atoms with E-state index >= 15 is 0 Å². The molecule has 0 N–H and O–H groups in total. The Balaban J connectivity index is 1.90. The van der Waals surface area contributed by atoms with Crippen molar-refractivity contribution < 1.29 is 4.79 Å². The van der Waals surface area contributed by atoms with Crippen molar-refractivity contribution in [3.63, 3.8) is 0 Å². The maximum absolute atomic E-state index is 12.7. The Morgan fingerprint density at radius 1 is 1.32 bits per heavy atom. The van der Waals surface area contributed by atoms with Crippen molar-refractivity contribution in [2.45, 2.75) is 38.5 Å². The monoisotopic (exact) mass is 336 g/mol. The molecule has 0 radical (unpaired) electrons. The lowest BCUT2D eigenvalue weighted by Crippen LogP contribution is -2.37. The second-order valence-corrected chi connectivity index (χ2v) is 7.53. The number of thioether (sulfide) groups is 1. The van der Waals surface area contributed by atoms with Crippen LogP contribution in [-0.2, 0) is 11.3 Å². The van der Waals surface area contributed by atoms with E-state index in [-0.39, 0.29) is 11.2 Å². The first-order valence-corrected chi connectivity index (χ1v) is 9.19. The molecule has 22 heavy (non-hydrogen) atoms. The highest BCUT2D eigenvalue weighted by molar-refractivity contribution is 8.23. The summed E-state index contributed by atoms with van der Waals surface area (Å²) >= 11 is 7.01. The van der Waals surface area contributed by atoms with Gasteiger partial charge in [0.05, 0.1) is 5.25 Å². The van der Waals surface area contributed by atoms with Crippen LogP contribution in [0, 0.1) is 0 Å². The van der Waals surface area contributed by atoms with Crippen LogP contribution in [0.4, 0.5) is 0 Å². The van der Waals surface area contributed by atoms with Crippen LogP contribution in [0.3, 0.4) is 0 Å². The van der Waals surface area contributed by atoms with Crippen LogP contribution in [0.1, 0.15) is 32.3 Å². The van der Waals surface area contributed by atoms with E-state index in [9.17, 15) is 4.79 Å². The summed E-state index contributed by atoms with van der Waals surface area (Å²) in [7, 11) is 0. The predicted octanol–water partition coefficient (Wildman–Crippen LogP) is 3.54. The van der Waals surface area contributed by atoms with Gasteiger partial charge in [-0.2, -0.15) is 0 Å². The molecule has 0 aromatic heterocycles. The first-order chi connectivity index (χ1) is 10.6. The van der Waals surface area contributed by atoms with Crippen LogP contribution in [0.5, 0.6) is 0 Å². The highest BCUT2D eigenvalue weighted by atomic mass is 32.2. The summed E-state index contributed by atoms with van der Waals surface area (Å²) < 4.78 is 0.870. The number of benzene rings is 1. The third-order valence-electron chi connectivity index (χ3n) is 3.90. The first kappa shape index (κ1) is 17.3. The zero-order valence-electron chi connectivity index (χ0n) is 13.3. The maximum atomic E-state index is 12.7. The van der Waals surface area contributed by atoms with Crippen molar-refractivity contribution in [1.29, 1.82) is 0 Å². The molecule has 1 unspecified atom stereocenters. The topological polar surface area (TPSA) is 23.6 Å². The lowest BCUT2D eigenvalue weighted by Gasteiger charge is -2.26. The Morgan fingerprint density at radius 2 is 1.95 bits per heavy atom. The van der Waals surface area contributed by atoms with Crippen LogP contribution >= 0.6 is 24.0 Å². The summed E-state index contributed by atoms with van der Waals surface area (Å²) in [5.41, 5.74) is 1.16. The Labute approximate surface area is 143 Å². The Kier molecular flexibility index (Phi) is 6.70. The number of hydrogen-bond donors (Lipinski definition) is 0. The predicted molar refractivity (Wildman–Crippen MR) is 98.0 cm³/mol.